The molecule has 1 aromatic heterocycles. The van der Waals surface area contributed by atoms with Gasteiger partial charge in [0.1, 0.15) is 5.82 Å². The number of nitrogens with one attached hydrogen (secondary N) is 1. The molecule has 0 atom stereocenters. The van der Waals surface area contributed by atoms with Gasteiger partial charge in [-0.2, -0.15) is 0 Å². The Kier molecular flexibility index (Phi) is 8.37. The summed E-state index contributed by atoms with van der Waals surface area (Å²) in [6.45, 7) is 2.57. The molecule has 2 aromatic carbocycles. The highest BCUT2D eigenvalue weighted by molar-refractivity contribution is 7.99. The largest absolute Gasteiger partial charge is 0.325 e. The van der Waals surface area contributed by atoms with Crippen molar-refractivity contribution in [2.45, 2.75) is 31.5 Å². The molecule has 1 heterocycles. The number of Topliss-reactive ketones (excluding diaryl/α,β-unsaturated/α-hetero) is 1. The van der Waals surface area contributed by atoms with Crippen LogP contribution in [0.1, 0.15) is 29.5 Å². The summed E-state index contributed by atoms with van der Waals surface area (Å²) in [6, 6.07) is 11.8. The van der Waals surface area contributed by atoms with E-state index in [1.54, 1.807) is 42.5 Å². The Balaban J connectivity index is 1.59. The first-order valence-electron chi connectivity index (χ1n) is 9.46. The van der Waals surface area contributed by atoms with Crippen LogP contribution < -0.4 is 5.32 Å². The number of amides is 1. The highest BCUT2D eigenvalue weighted by Gasteiger charge is 2.17. The van der Waals surface area contributed by atoms with Gasteiger partial charge in [0, 0.05) is 30.0 Å². The molecule has 0 aliphatic carbocycles. The Morgan fingerprint density at radius 1 is 1.06 bits per heavy atom. The topological polar surface area (TPSA) is 76.9 Å². The average Bonchev–Trinajstić information content (AvgIpc) is 3.14. The molecule has 6 nitrogen and oxygen atoms in total. The van der Waals surface area contributed by atoms with E-state index in [-0.39, 0.29) is 23.9 Å². The number of para-hydroxylation sites is 1. The van der Waals surface area contributed by atoms with Gasteiger partial charge in [0.2, 0.25) is 5.91 Å². The van der Waals surface area contributed by atoms with Crippen LogP contribution in [0, 0.1) is 0 Å². The number of hydrogen-bond donors (Lipinski definition) is 1. The van der Waals surface area contributed by atoms with E-state index in [1.807, 2.05) is 11.5 Å². The van der Waals surface area contributed by atoms with E-state index in [2.05, 4.69) is 15.5 Å². The highest BCUT2D eigenvalue weighted by Crippen LogP contribution is 2.25. The molecule has 0 unspecified atom stereocenters. The zero-order valence-corrected chi connectivity index (χ0v) is 19.7. The number of ketones is 1. The van der Waals surface area contributed by atoms with Crippen LogP contribution in [-0.4, -0.2) is 32.2 Å². The predicted molar refractivity (Wildman–Crippen MR) is 126 cm³/mol. The van der Waals surface area contributed by atoms with Crippen LogP contribution in [0.15, 0.2) is 47.6 Å². The number of benzene rings is 2. The van der Waals surface area contributed by atoms with Crippen molar-refractivity contribution in [1.29, 1.82) is 0 Å². The van der Waals surface area contributed by atoms with Crippen molar-refractivity contribution >= 4 is 63.9 Å². The molecule has 3 aromatic rings. The van der Waals surface area contributed by atoms with E-state index in [4.69, 9.17) is 34.8 Å². The molecule has 3 rings (SSSR count). The van der Waals surface area contributed by atoms with E-state index in [1.165, 1.54) is 11.8 Å². The first kappa shape index (κ1) is 23.6. The number of aryl methyl sites for hydroxylation is 1. The second-order valence-corrected chi connectivity index (χ2v) is 8.70. The first-order valence-corrected chi connectivity index (χ1v) is 11.6. The SMILES string of the molecule is CCn1c(CCC(=O)Nc2ccccc2Cl)nnc1SCC(=O)c1ccc(Cl)cc1Cl. The number of anilines is 1. The highest BCUT2D eigenvalue weighted by atomic mass is 35.5. The Labute approximate surface area is 199 Å². The number of rotatable bonds is 9. The normalized spacial score (nSPS) is 10.8. The quantitative estimate of drug-likeness (QED) is 0.298. The van der Waals surface area contributed by atoms with Crippen LogP contribution in [0.3, 0.4) is 0 Å². The van der Waals surface area contributed by atoms with Crippen LogP contribution in [0.4, 0.5) is 5.69 Å². The maximum absolute atomic E-state index is 12.5. The van der Waals surface area contributed by atoms with Crippen molar-refractivity contribution in [2.24, 2.45) is 0 Å². The molecule has 162 valence electrons. The fraction of sp³-hybridized carbons (Fsp3) is 0.238. The summed E-state index contributed by atoms with van der Waals surface area (Å²) in [5.41, 5.74) is 0.986. The first-order chi connectivity index (χ1) is 14.9. The third kappa shape index (κ3) is 6.23. The zero-order valence-electron chi connectivity index (χ0n) is 16.6. The summed E-state index contributed by atoms with van der Waals surface area (Å²) in [5.74, 6) is 0.543. The summed E-state index contributed by atoms with van der Waals surface area (Å²) in [5, 5.41) is 13.1. The van der Waals surface area contributed by atoms with Crippen LogP contribution in [0.5, 0.6) is 0 Å². The lowest BCUT2D eigenvalue weighted by Gasteiger charge is -2.09. The molecule has 31 heavy (non-hydrogen) atoms. The van der Waals surface area contributed by atoms with Gasteiger partial charge in [-0.25, -0.2) is 0 Å². The minimum atomic E-state index is -0.166. The van der Waals surface area contributed by atoms with E-state index >= 15 is 0 Å². The fourth-order valence-electron chi connectivity index (χ4n) is 2.85. The second kappa shape index (κ2) is 11.0. The van der Waals surface area contributed by atoms with Crippen LogP contribution >= 0.6 is 46.6 Å². The second-order valence-electron chi connectivity index (χ2n) is 6.51. The summed E-state index contributed by atoms with van der Waals surface area (Å²) in [4.78, 5) is 24.8. The van der Waals surface area contributed by atoms with Crippen LogP contribution in [-0.2, 0) is 17.8 Å². The standard InChI is InChI=1S/C21H19Cl3N4O2S/c1-2-28-19(9-10-20(30)25-17-6-4-3-5-15(17)23)26-27-21(28)31-12-18(29)14-8-7-13(22)11-16(14)24/h3-8,11H,2,9-10,12H2,1H3,(H,25,30). The Morgan fingerprint density at radius 2 is 1.84 bits per heavy atom. The van der Waals surface area contributed by atoms with Crippen LogP contribution in [0.2, 0.25) is 15.1 Å². The lowest BCUT2D eigenvalue weighted by molar-refractivity contribution is -0.116. The molecule has 0 fully saturated rings. The number of carbonyl (C=O) groups is 2. The van der Waals surface area contributed by atoms with Crippen molar-refractivity contribution in [3.63, 3.8) is 0 Å². The number of hydrogen-bond acceptors (Lipinski definition) is 5. The molecule has 0 radical (unpaired) electrons. The van der Waals surface area contributed by atoms with E-state index in [0.29, 0.717) is 50.3 Å². The fourth-order valence-corrected chi connectivity index (χ4v) is 4.45. The van der Waals surface area contributed by atoms with Gasteiger partial charge in [-0.3, -0.25) is 9.59 Å². The molecular weight excluding hydrogens is 479 g/mol. The molecule has 0 aliphatic rings. The van der Waals surface area contributed by atoms with Crippen molar-refractivity contribution in [3.05, 3.63) is 68.9 Å². The molecular formula is C21H19Cl3N4O2S. The molecule has 10 heteroatoms. The van der Waals surface area contributed by atoms with Crippen molar-refractivity contribution in [1.82, 2.24) is 14.8 Å². The van der Waals surface area contributed by atoms with Gasteiger partial charge in [0.25, 0.3) is 0 Å². The molecule has 1 N–H and O–H groups in total. The van der Waals surface area contributed by atoms with Gasteiger partial charge in [-0.15, -0.1) is 10.2 Å². The van der Waals surface area contributed by atoms with Gasteiger partial charge in [0.05, 0.1) is 21.5 Å². The van der Waals surface area contributed by atoms with Gasteiger partial charge in [-0.05, 0) is 37.3 Å². The van der Waals surface area contributed by atoms with Gasteiger partial charge in [0.15, 0.2) is 10.9 Å². The minimum absolute atomic E-state index is 0.127. The zero-order chi connectivity index (χ0) is 22.4. The average molecular weight is 498 g/mol. The number of carbonyl (C=O) groups excluding carboxylic acids is 2. The predicted octanol–water partition coefficient (Wildman–Crippen LogP) is 5.80. The maximum atomic E-state index is 12.5. The molecule has 0 saturated carbocycles. The molecule has 0 bridgehead atoms. The summed E-state index contributed by atoms with van der Waals surface area (Å²) < 4.78 is 1.89. The number of nitrogens with zero attached hydrogens (tertiary/aromatic N) is 3. The Morgan fingerprint density at radius 3 is 2.55 bits per heavy atom. The van der Waals surface area contributed by atoms with Gasteiger partial charge < -0.3 is 9.88 Å². The van der Waals surface area contributed by atoms with E-state index in [0.717, 1.165) is 0 Å². The third-order valence-electron chi connectivity index (χ3n) is 4.40. The maximum Gasteiger partial charge on any atom is 0.224 e. The number of halogens is 3. The van der Waals surface area contributed by atoms with Crippen molar-refractivity contribution in [2.75, 3.05) is 11.1 Å². The smallest absolute Gasteiger partial charge is 0.224 e. The number of thioether (sulfide) groups is 1. The third-order valence-corrected chi connectivity index (χ3v) is 6.24. The summed E-state index contributed by atoms with van der Waals surface area (Å²) >= 11 is 19.3. The lowest BCUT2D eigenvalue weighted by Crippen LogP contribution is -2.14. The Hall–Kier alpha value is -2.06. The van der Waals surface area contributed by atoms with Crippen LogP contribution in [0.25, 0.3) is 0 Å². The summed E-state index contributed by atoms with van der Waals surface area (Å²) in [7, 11) is 0. The molecule has 0 spiro atoms. The van der Waals surface area contributed by atoms with Gasteiger partial charge >= 0.3 is 0 Å². The van der Waals surface area contributed by atoms with Gasteiger partial charge in [-0.1, -0.05) is 58.7 Å². The van der Waals surface area contributed by atoms with Crippen molar-refractivity contribution in [3.8, 4) is 0 Å². The molecule has 0 saturated heterocycles. The summed E-state index contributed by atoms with van der Waals surface area (Å²) in [6.07, 6.45) is 0.641. The lowest BCUT2D eigenvalue weighted by atomic mass is 10.1. The molecule has 0 aliphatic heterocycles. The van der Waals surface area contributed by atoms with Crippen molar-refractivity contribution < 1.29 is 9.59 Å². The van der Waals surface area contributed by atoms with E-state index < -0.39 is 0 Å². The number of aromatic nitrogens is 3. The Bertz CT molecular complexity index is 1100. The van der Waals surface area contributed by atoms with E-state index in [9.17, 15) is 9.59 Å². The minimum Gasteiger partial charge on any atom is -0.325 e. The molecule has 1 amide bonds. The monoisotopic (exact) mass is 496 g/mol.